The highest BCUT2D eigenvalue weighted by molar-refractivity contribution is 9.10. The second-order valence-corrected chi connectivity index (χ2v) is 4.80. The van der Waals surface area contributed by atoms with Gasteiger partial charge in [0.25, 0.3) is 0 Å². The zero-order chi connectivity index (χ0) is 12.1. The standard InChI is InChI=1S/C12H17BrFNO/c1-8(9(2)16-3)15-7-10-4-11(13)6-12(14)5-10/h4-6,8-9,15H,7H2,1-3H3. The van der Waals surface area contributed by atoms with Crippen LogP contribution >= 0.6 is 15.9 Å². The Balaban J connectivity index is 2.54. The Morgan fingerprint density at radius 3 is 2.62 bits per heavy atom. The summed E-state index contributed by atoms with van der Waals surface area (Å²) >= 11 is 3.27. The molecule has 0 aliphatic heterocycles. The molecule has 0 spiro atoms. The van der Waals surface area contributed by atoms with Gasteiger partial charge in [-0.25, -0.2) is 4.39 Å². The molecule has 0 amide bonds. The number of halogens is 2. The van der Waals surface area contributed by atoms with Gasteiger partial charge in [0.2, 0.25) is 0 Å². The molecule has 0 aliphatic carbocycles. The molecular formula is C12H17BrFNO. The lowest BCUT2D eigenvalue weighted by molar-refractivity contribution is 0.0882. The van der Waals surface area contributed by atoms with E-state index in [0.717, 1.165) is 10.0 Å². The van der Waals surface area contributed by atoms with Gasteiger partial charge in [-0.05, 0) is 37.6 Å². The fourth-order valence-electron chi connectivity index (χ4n) is 1.36. The van der Waals surface area contributed by atoms with E-state index in [0.29, 0.717) is 6.54 Å². The molecule has 0 aromatic heterocycles. The molecule has 90 valence electrons. The van der Waals surface area contributed by atoms with Crippen LogP contribution in [0.5, 0.6) is 0 Å². The molecule has 2 atom stereocenters. The molecule has 2 nitrogen and oxygen atoms in total. The summed E-state index contributed by atoms with van der Waals surface area (Å²) in [6, 6.07) is 5.11. The van der Waals surface area contributed by atoms with Gasteiger partial charge in [0.05, 0.1) is 6.10 Å². The fourth-order valence-corrected chi connectivity index (χ4v) is 1.87. The minimum absolute atomic E-state index is 0.136. The number of hydrogen-bond donors (Lipinski definition) is 1. The van der Waals surface area contributed by atoms with Crippen LogP contribution in [-0.4, -0.2) is 19.3 Å². The van der Waals surface area contributed by atoms with Crippen LogP contribution in [0.25, 0.3) is 0 Å². The van der Waals surface area contributed by atoms with Gasteiger partial charge in [-0.3, -0.25) is 0 Å². The lowest BCUT2D eigenvalue weighted by atomic mass is 10.1. The van der Waals surface area contributed by atoms with Crippen molar-refractivity contribution in [3.63, 3.8) is 0 Å². The van der Waals surface area contributed by atoms with Crippen LogP contribution in [0.1, 0.15) is 19.4 Å². The van der Waals surface area contributed by atoms with Crippen LogP contribution in [-0.2, 0) is 11.3 Å². The summed E-state index contributed by atoms with van der Waals surface area (Å²) in [5.74, 6) is -0.224. The van der Waals surface area contributed by atoms with Crippen molar-refractivity contribution in [2.45, 2.75) is 32.5 Å². The van der Waals surface area contributed by atoms with E-state index < -0.39 is 0 Å². The third-order valence-corrected chi connectivity index (χ3v) is 3.08. The van der Waals surface area contributed by atoms with Gasteiger partial charge in [0, 0.05) is 24.2 Å². The zero-order valence-corrected chi connectivity index (χ0v) is 11.3. The van der Waals surface area contributed by atoms with Crippen molar-refractivity contribution in [1.29, 1.82) is 0 Å². The highest BCUT2D eigenvalue weighted by Gasteiger charge is 2.10. The van der Waals surface area contributed by atoms with Gasteiger partial charge >= 0.3 is 0 Å². The van der Waals surface area contributed by atoms with Crippen LogP contribution in [0.4, 0.5) is 4.39 Å². The molecule has 0 saturated heterocycles. The van der Waals surface area contributed by atoms with Crippen molar-refractivity contribution in [2.75, 3.05) is 7.11 Å². The van der Waals surface area contributed by atoms with E-state index in [1.165, 1.54) is 12.1 Å². The Hall–Kier alpha value is -0.450. The first kappa shape index (κ1) is 13.6. The first-order valence-electron chi connectivity index (χ1n) is 5.24. The van der Waals surface area contributed by atoms with Gasteiger partial charge in [-0.2, -0.15) is 0 Å². The molecule has 1 N–H and O–H groups in total. The number of benzene rings is 1. The average molecular weight is 290 g/mol. The van der Waals surface area contributed by atoms with E-state index >= 15 is 0 Å². The Labute approximate surface area is 104 Å². The van der Waals surface area contributed by atoms with E-state index in [-0.39, 0.29) is 18.0 Å². The summed E-state index contributed by atoms with van der Waals surface area (Å²) in [4.78, 5) is 0. The number of nitrogens with one attached hydrogen (secondary N) is 1. The quantitative estimate of drug-likeness (QED) is 0.899. The maximum absolute atomic E-state index is 13.1. The van der Waals surface area contributed by atoms with Crippen LogP contribution in [0.2, 0.25) is 0 Å². The molecule has 16 heavy (non-hydrogen) atoms. The van der Waals surface area contributed by atoms with Crippen molar-refractivity contribution in [1.82, 2.24) is 5.32 Å². The largest absolute Gasteiger partial charge is 0.380 e. The van der Waals surface area contributed by atoms with Gasteiger partial charge in [-0.1, -0.05) is 15.9 Å². The average Bonchev–Trinajstić information content (AvgIpc) is 2.23. The Bertz CT molecular complexity index is 326. The van der Waals surface area contributed by atoms with E-state index in [2.05, 4.69) is 21.2 Å². The first-order chi connectivity index (χ1) is 7.52. The molecule has 0 bridgehead atoms. The van der Waals surface area contributed by atoms with Crippen molar-refractivity contribution >= 4 is 15.9 Å². The third-order valence-electron chi connectivity index (χ3n) is 2.63. The van der Waals surface area contributed by atoms with E-state index in [9.17, 15) is 4.39 Å². The molecule has 0 fully saturated rings. The highest BCUT2D eigenvalue weighted by atomic mass is 79.9. The summed E-state index contributed by atoms with van der Waals surface area (Å²) in [6.07, 6.45) is 0.136. The van der Waals surface area contributed by atoms with Crippen molar-refractivity contribution < 1.29 is 9.13 Å². The third kappa shape index (κ3) is 4.20. The molecule has 0 heterocycles. The number of ether oxygens (including phenoxy) is 1. The maximum atomic E-state index is 13.1. The summed E-state index contributed by atoms with van der Waals surface area (Å²) in [6.45, 7) is 4.67. The van der Waals surface area contributed by atoms with E-state index in [1.807, 2.05) is 19.9 Å². The van der Waals surface area contributed by atoms with E-state index in [1.54, 1.807) is 7.11 Å². The minimum atomic E-state index is -0.224. The molecular weight excluding hydrogens is 273 g/mol. The smallest absolute Gasteiger partial charge is 0.124 e. The summed E-state index contributed by atoms with van der Waals surface area (Å²) in [5.41, 5.74) is 0.919. The Morgan fingerprint density at radius 2 is 2.06 bits per heavy atom. The molecule has 0 aliphatic rings. The fraction of sp³-hybridized carbons (Fsp3) is 0.500. The lowest BCUT2D eigenvalue weighted by Gasteiger charge is -2.20. The molecule has 0 saturated carbocycles. The summed E-state index contributed by atoms with van der Waals surface area (Å²) in [7, 11) is 1.68. The van der Waals surface area contributed by atoms with Crippen LogP contribution < -0.4 is 5.32 Å². The molecule has 2 unspecified atom stereocenters. The Morgan fingerprint density at radius 1 is 1.38 bits per heavy atom. The first-order valence-corrected chi connectivity index (χ1v) is 6.03. The second kappa shape index (κ2) is 6.33. The molecule has 0 radical (unpaired) electrons. The van der Waals surface area contributed by atoms with Gasteiger partial charge in [-0.15, -0.1) is 0 Å². The van der Waals surface area contributed by atoms with Gasteiger partial charge in [0.15, 0.2) is 0 Å². The number of methoxy groups -OCH3 is 1. The minimum Gasteiger partial charge on any atom is -0.380 e. The number of rotatable bonds is 5. The second-order valence-electron chi connectivity index (χ2n) is 3.89. The highest BCUT2D eigenvalue weighted by Crippen LogP contribution is 2.15. The summed E-state index contributed by atoms with van der Waals surface area (Å²) < 4.78 is 19.1. The predicted octanol–water partition coefficient (Wildman–Crippen LogP) is 3.10. The van der Waals surface area contributed by atoms with E-state index in [4.69, 9.17) is 4.74 Å². The Kier molecular flexibility index (Phi) is 5.38. The summed E-state index contributed by atoms with van der Waals surface area (Å²) in [5, 5.41) is 3.29. The van der Waals surface area contributed by atoms with Gasteiger partial charge in [0.1, 0.15) is 5.82 Å². The maximum Gasteiger partial charge on any atom is 0.124 e. The zero-order valence-electron chi connectivity index (χ0n) is 9.76. The predicted molar refractivity (Wildman–Crippen MR) is 66.9 cm³/mol. The normalized spacial score (nSPS) is 14.8. The molecule has 1 rings (SSSR count). The van der Waals surface area contributed by atoms with Crippen LogP contribution in [0, 0.1) is 5.82 Å². The van der Waals surface area contributed by atoms with Crippen LogP contribution in [0.3, 0.4) is 0 Å². The van der Waals surface area contributed by atoms with Crippen molar-refractivity contribution in [2.24, 2.45) is 0 Å². The number of hydrogen-bond acceptors (Lipinski definition) is 2. The van der Waals surface area contributed by atoms with Crippen LogP contribution in [0.15, 0.2) is 22.7 Å². The van der Waals surface area contributed by atoms with Gasteiger partial charge < -0.3 is 10.1 Å². The lowest BCUT2D eigenvalue weighted by Crippen LogP contribution is -2.36. The van der Waals surface area contributed by atoms with Crippen molar-refractivity contribution in [3.8, 4) is 0 Å². The topological polar surface area (TPSA) is 21.3 Å². The molecule has 4 heteroatoms. The molecule has 1 aromatic carbocycles. The molecule has 1 aromatic rings. The monoisotopic (exact) mass is 289 g/mol. The SMILES string of the molecule is COC(C)C(C)NCc1cc(F)cc(Br)c1. The van der Waals surface area contributed by atoms with Crippen molar-refractivity contribution in [3.05, 3.63) is 34.1 Å².